The van der Waals surface area contributed by atoms with Gasteiger partial charge in [0.15, 0.2) is 5.16 Å². The number of para-hydroxylation sites is 1. The molecule has 2 aromatic carbocycles. The van der Waals surface area contributed by atoms with Crippen molar-refractivity contribution in [2.75, 3.05) is 11.1 Å². The maximum absolute atomic E-state index is 12.4. The van der Waals surface area contributed by atoms with Crippen LogP contribution < -0.4 is 10.9 Å². The number of aromatic nitrogens is 2. The Balaban J connectivity index is 1.79. The number of hydrogen-bond donors (Lipinski definition) is 1. The molecule has 0 aliphatic rings. The summed E-state index contributed by atoms with van der Waals surface area (Å²) in [5, 5.41) is 3.37. The third-order valence-electron chi connectivity index (χ3n) is 3.66. The molecule has 0 fully saturated rings. The minimum absolute atomic E-state index is 0.143. The number of thioether (sulfide) groups is 1. The number of rotatable bonds is 5. The standard InChI is InChI=1S/C20H19N3O2S/c1-14-7-6-8-16(11-14)22-18(24)13-26-20-21-15(2)12-19(25)23(20)17-9-4-3-5-10-17/h3-12H,13H2,1-2H3,(H,22,24). The van der Waals surface area contributed by atoms with Gasteiger partial charge in [0.05, 0.1) is 11.4 Å². The first-order chi connectivity index (χ1) is 12.5. The lowest BCUT2D eigenvalue weighted by Gasteiger charge is -2.12. The number of carbonyl (C=O) groups excluding carboxylic acids is 1. The van der Waals surface area contributed by atoms with Gasteiger partial charge in [-0.25, -0.2) is 4.98 Å². The number of nitrogens with one attached hydrogen (secondary N) is 1. The van der Waals surface area contributed by atoms with Gasteiger partial charge in [-0.15, -0.1) is 0 Å². The second-order valence-corrected chi connectivity index (χ2v) is 6.84. The first-order valence-electron chi connectivity index (χ1n) is 8.18. The summed E-state index contributed by atoms with van der Waals surface area (Å²) in [6.45, 7) is 3.74. The molecule has 0 unspecified atom stereocenters. The fourth-order valence-corrected chi connectivity index (χ4v) is 3.40. The van der Waals surface area contributed by atoms with E-state index in [1.54, 1.807) is 6.92 Å². The van der Waals surface area contributed by atoms with Gasteiger partial charge < -0.3 is 5.32 Å². The van der Waals surface area contributed by atoms with E-state index in [4.69, 9.17) is 0 Å². The van der Waals surface area contributed by atoms with Gasteiger partial charge >= 0.3 is 0 Å². The Hall–Kier alpha value is -2.86. The molecule has 0 spiro atoms. The number of benzene rings is 2. The number of anilines is 1. The van der Waals surface area contributed by atoms with E-state index >= 15 is 0 Å². The number of carbonyl (C=O) groups is 1. The van der Waals surface area contributed by atoms with Gasteiger partial charge in [-0.2, -0.15) is 0 Å². The number of nitrogens with zero attached hydrogens (tertiary/aromatic N) is 2. The average molecular weight is 365 g/mol. The number of aryl methyl sites for hydroxylation is 2. The smallest absolute Gasteiger partial charge is 0.258 e. The molecule has 0 radical (unpaired) electrons. The topological polar surface area (TPSA) is 64.0 Å². The molecule has 0 aliphatic heterocycles. The van der Waals surface area contributed by atoms with Gasteiger partial charge in [-0.05, 0) is 43.7 Å². The maximum Gasteiger partial charge on any atom is 0.258 e. The van der Waals surface area contributed by atoms with Crippen LogP contribution in [0.1, 0.15) is 11.3 Å². The Labute approximate surface area is 156 Å². The van der Waals surface area contributed by atoms with Crippen LogP contribution in [0.4, 0.5) is 5.69 Å². The third kappa shape index (κ3) is 4.40. The summed E-state index contributed by atoms with van der Waals surface area (Å²) < 4.78 is 1.53. The van der Waals surface area contributed by atoms with Crippen LogP contribution in [0, 0.1) is 13.8 Å². The van der Waals surface area contributed by atoms with Gasteiger partial charge in [-0.1, -0.05) is 42.1 Å². The van der Waals surface area contributed by atoms with Gasteiger partial charge in [-0.3, -0.25) is 14.2 Å². The van der Waals surface area contributed by atoms with E-state index in [2.05, 4.69) is 10.3 Å². The van der Waals surface area contributed by atoms with Gasteiger partial charge in [0.2, 0.25) is 5.91 Å². The Morgan fingerprint density at radius 2 is 1.85 bits per heavy atom. The van der Waals surface area contributed by atoms with Crippen molar-refractivity contribution in [3.63, 3.8) is 0 Å². The minimum atomic E-state index is -0.162. The van der Waals surface area contributed by atoms with Crippen LogP contribution in [0.5, 0.6) is 0 Å². The second-order valence-electron chi connectivity index (χ2n) is 5.90. The molecule has 0 bridgehead atoms. The summed E-state index contributed by atoms with van der Waals surface area (Å²) in [6, 6.07) is 18.4. The van der Waals surface area contributed by atoms with E-state index in [0.717, 1.165) is 16.9 Å². The van der Waals surface area contributed by atoms with Crippen molar-refractivity contribution in [3.05, 3.63) is 82.3 Å². The van der Waals surface area contributed by atoms with Gasteiger partial charge in [0.25, 0.3) is 5.56 Å². The van der Waals surface area contributed by atoms with E-state index < -0.39 is 0 Å². The molecule has 1 N–H and O–H groups in total. The molecule has 26 heavy (non-hydrogen) atoms. The monoisotopic (exact) mass is 365 g/mol. The molecule has 6 heteroatoms. The van der Waals surface area contributed by atoms with E-state index in [9.17, 15) is 9.59 Å². The van der Waals surface area contributed by atoms with E-state index in [1.165, 1.54) is 22.4 Å². The predicted octanol–water partition coefficient (Wildman–Crippen LogP) is 3.58. The number of amides is 1. The van der Waals surface area contributed by atoms with Crippen LogP contribution in [0.2, 0.25) is 0 Å². The van der Waals surface area contributed by atoms with Crippen molar-refractivity contribution >= 4 is 23.4 Å². The molecule has 3 aromatic rings. The van der Waals surface area contributed by atoms with E-state index in [1.807, 2.05) is 61.5 Å². The first kappa shape index (κ1) is 17.9. The van der Waals surface area contributed by atoms with Crippen LogP contribution in [0.25, 0.3) is 5.69 Å². The van der Waals surface area contributed by atoms with Crippen molar-refractivity contribution in [2.24, 2.45) is 0 Å². The molecule has 0 saturated heterocycles. The molecule has 3 rings (SSSR count). The van der Waals surface area contributed by atoms with Gasteiger partial charge in [0.1, 0.15) is 0 Å². The average Bonchev–Trinajstić information content (AvgIpc) is 2.60. The molecule has 0 atom stereocenters. The maximum atomic E-state index is 12.4. The Kier molecular flexibility index (Phi) is 5.53. The zero-order valence-electron chi connectivity index (χ0n) is 14.6. The molecule has 1 heterocycles. The summed E-state index contributed by atoms with van der Waals surface area (Å²) in [6.07, 6.45) is 0. The highest BCUT2D eigenvalue weighted by Gasteiger charge is 2.12. The predicted molar refractivity (Wildman–Crippen MR) is 105 cm³/mol. The van der Waals surface area contributed by atoms with Crippen molar-refractivity contribution in [2.45, 2.75) is 19.0 Å². The van der Waals surface area contributed by atoms with Crippen LogP contribution in [0.15, 0.2) is 70.6 Å². The van der Waals surface area contributed by atoms with E-state index in [-0.39, 0.29) is 17.2 Å². The van der Waals surface area contributed by atoms with Crippen molar-refractivity contribution in [1.29, 1.82) is 0 Å². The Morgan fingerprint density at radius 3 is 2.58 bits per heavy atom. The van der Waals surface area contributed by atoms with Crippen LogP contribution in [0.3, 0.4) is 0 Å². The zero-order valence-corrected chi connectivity index (χ0v) is 15.4. The molecule has 1 aromatic heterocycles. The first-order valence-corrected chi connectivity index (χ1v) is 9.17. The lowest BCUT2D eigenvalue weighted by atomic mass is 10.2. The van der Waals surface area contributed by atoms with Crippen molar-refractivity contribution in [3.8, 4) is 5.69 Å². The Morgan fingerprint density at radius 1 is 1.08 bits per heavy atom. The highest BCUT2D eigenvalue weighted by atomic mass is 32.2. The highest BCUT2D eigenvalue weighted by Crippen LogP contribution is 2.19. The van der Waals surface area contributed by atoms with Crippen molar-refractivity contribution < 1.29 is 4.79 Å². The molecule has 1 amide bonds. The quantitative estimate of drug-likeness (QED) is 0.554. The lowest BCUT2D eigenvalue weighted by molar-refractivity contribution is -0.113. The molecule has 132 valence electrons. The fraction of sp³-hybridized carbons (Fsp3) is 0.150. The highest BCUT2D eigenvalue weighted by molar-refractivity contribution is 7.99. The van der Waals surface area contributed by atoms with Crippen molar-refractivity contribution in [1.82, 2.24) is 9.55 Å². The van der Waals surface area contributed by atoms with E-state index in [0.29, 0.717) is 10.9 Å². The van der Waals surface area contributed by atoms with Gasteiger partial charge in [0, 0.05) is 17.4 Å². The minimum Gasteiger partial charge on any atom is -0.325 e. The summed E-state index contributed by atoms with van der Waals surface area (Å²) >= 11 is 1.24. The largest absolute Gasteiger partial charge is 0.325 e. The molecule has 0 aliphatic carbocycles. The summed E-state index contributed by atoms with van der Waals surface area (Å²) in [4.78, 5) is 29.2. The Bertz CT molecular complexity index is 984. The van der Waals surface area contributed by atoms with Crippen LogP contribution >= 0.6 is 11.8 Å². The lowest BCUT2D eigenvalue weighted by Crippen LogP contribution is -2.22. The van der Waals surface area contributed by atoms with Crippen LogP contribution in [-0.4, -0.2) is 21.2 Å². The summed E-state index contributed by atoms with van der Waals surface area (Å²) in [7, 11) is 0. The zero-order chi connectivity index (χ0) is 18.5. The molecule has 0 saturated carbocycles. The van der Waals surface area contributed by atoms with Crippen LogP contribution in [-0.2, 0) is 4.79 Å². The number of hydrogen-bond acceptors (Lipinski definition) is 4. The summed E-state index contributed by atoms with van der Waals surface area (Å²) in [5.74, 6) is 0.0207. The molecule has 5 nitrogen and oxygen atoms in total. The summed E-state index contributed by atoms with van der Waals surface area (Å²) in [5.41, 5.74) is 3.03. The fourth-order valence-electron chi connectivity index (χ4n) is 2.53. The molecular weight excluding hydrogens is 346 g/mol. The molecular formula is C20H19N3O2S. The second kappa shape index (κ2) is 8.01. The third-order valence-corrected chi connectivity index (χ3v) is 4.60. The normalized spacial score (nSPS) is 10.5. The SMILES string of the molecule is Cc1cccc(NC(=O)CSc2nc(C)cc(=O)n2-c2ccccc2)c1.